The fourth-order valence-corrected chi connectivity index (χ4v) is 6.42. The Bertz CT molecular complexity index is 967. The van der Waals surface area contributed by atoms with Gasteiger partial charge in [-0.1, -0.05) is 24.3 Å². The molecular formula is C24H31NO4S. The molecule has 4 rings (SSSR count). The van der Waals surface area contributed by atoms with E-state index >= 15 is 0 Å². The summed E-state index contributed by atoms with van der Waals surface area (Å²) in [6.07, 6.45) is 4.05. The fraction of sp³-hybridized carbons (Fsp3) is 0.500. The van der Waals surface area contributed by atoms with Crippen LogP contribution in [0.15, 0.2) is 42.5 Å². The zero-order chi connectivity index (χ0) is 21.0. The summed E-state index contributed by atoms with van der Waals surface area (Å²) in [6, 6.07) is 14.4. The first-order valence-electron chi connectivity index (χ1n) is 10.9. The number of sulfone groups is 1. The third-order valence-electron chi connectivity index (χ3n) is 6.18. The first-order valence-corrected chi connectivity index (χ1v) is 12.7. The van der Waals surface area contributed by atoms with Crippen LogP contribution in [0, 0.1) is 5.92 Å². The smallest absolute Gasteiger partial charge is 0.150 e. The topological polar surface area (TPSA) is 55.8 Å². The minimum atomic E-state index is -2.83. The molecule has 2 aliphatic rings. The quantitative estimate of drug-likeness (QED) is 0.631. The first-order chi connectivity index (χ1) is 14.5. The summed E-state index contributed by atoms with van der Waals surface area (Å²) in [5.74, 6) is 2.63. The van der Waals surface area contributed by atoms with Crippen molar-refractivity contribution in [3.8, 4) is 22.6 Å². The highest BCUT2D eigenvalue weighted by atomic mass is 32.2. The molecule has 0 amide bonds. The maximum absolute atomic E-state index is 11.7. The molecule has 2 saturated heterocycles. The van der Waals surface area contributed by atoms with Crippen LogP contribution >= 0.6 is 0 Å². The molecule has 162 valence electrons. The van der Waals surface area contributed by atoms with Gasteiger partial charge in [-0.25, -0.2) is 8.42 Å². The van der Waals surface area contributed by atoms with Crippen molar-refractivity contribution in [2.24, 2.45) is 5.92 Å². The highest BCUT2D eigenvalue weighted by molar-refractivity contribution is 7.91. The van der Waals surface area contributed by atoms with Crippen molar-refractivity contribution in [2.45, 2.75) is 32.2 Å². The normalized spacial score (nSPS) is 21.0. The summed E-state index contributed by atoms with van der Waals surface area (Å²) in [6.45, 7) is 3.67. The lowest BCUT2D eigenvalue weighted by Gasteiger charge is -2.20. The van der Waals surface area contributed by atoms with Gasteiger partial charge < -0.3 is 9.47 Å². The lowest BCUT2D eigenvalue weighted by molar-refractivity contribution is 0.272. The predicted octanol–water partition coefficient (Wildman–Crippen LogP) is 4.16. The molecule has 2 fully saturated rings. The molecule has 0 saturated carbocycles. The van der Waals surface area contributed by atoms with Crippen molar-refractivity contribution in [3.05, 3.63) is 48.0 Å². The van der Waals surface area contributed by atoms with Gasteiger partial charge in [0.2, 0.25) is 0 Å². The van der Waals surface area contributed by atoms with Crippen LogP contribution in [0.25, 0.3) is 11.1 Å². The number of hydrogen-bond donors (Lipinski definition) is 0. The van der Waals surface area contributed by atoms with Crippen LogP contribution < -0.4 is 9.47 Å². The second-order valence-electron chi connectivity index (χ2n) is 8.41. The number of hydrogen-bond acceptors (Lipinski definition) is 5. The zero-order valence-corrected chi connectivity index (χ0v) is 18.5. The van der Waals surface area contributed by atoms with Gasteiger partial charge in [0.05, 0.1) is 25.2 Å². The molecule has 1 unspecified atom stereocenters. The van der Waals surface area contributed by atoms with E-state index in [0.29, 0.717) is 18.1 Å². The Morgan fingerprint density at radius 2 is 1.87 bits per heavy atom. The Hall–Kier alpha value is -2.05. The van der Waals surface area contributed by atoms with Gasteiger partial charge in [-0.15, -0.1) is 0 Å². The van der Waals surface area contributed by atoms with Crippen LogP contribution in [0.5, 0.6) is 11.5 Å². The van der Waals surface area contributed by atoms with Crippen molar-refractivity contribution >= 4 is 9.84 Å². The predicted molar refractivity (Wildman–Crippen MR) is 120 cm³/mol. The standard InChI is InChI=1S/C24H31NO4S/c1-28-24-7-3-2-6-22(24)20-8-9-23(21(16-20)17-25-12-4-5-13-25)29-14-10-19-11-15-30(26,27)18-19/h2-3,6-9,16,19H,4-5,10-15,17-18H2,1H3. The summed E-state index contributed by atoms with van der Waals surface area (Å²) in [5.41, 5.74) is 3.38. The van der Waals surface area contributed by atoms with E-state index in [1.165, 1.54) is 18.4 Å². The molecule has 0 bridgehead atoms. The summed E-state index contributed by atoms with van der Waals surface area (Å²) >= 11 is 0. The number of likely N-dealkylation sites (tertiary alicyclic amines) is 1. The van der Waals surface area contributed by atoms with Gasteiger partial charge in [0, 0.05) is 17.7 Å². The van der Waals surface area contributed by atoms with E-state index in [0.717, 1.165) is 55.1 Å². The summed E-state index contributed by atoms with van der Waals surface area (Å²) < 4.78 is 35.1. The van der Waals surface area contributed by atoms with Crippen LogP contribution in [0.2, 0.25) is 0 Å². The number of rotatable bonds is 8. The van der Waals surface area contributed by atoms with Crippen molar-refractivity contribution in [3.63, 3.8) is 0 Å². The lowest BCUT2D eigenvalue weighted by Crippen LogP contribution is -2.19. The lowest BCUT2D eigenvalue weighted by atomic mass is 10.0. The highest BCUT2D eigenvalue weighted by Crippen LogP contribution is 2.34. The van der Waals surface area contributed by atoms with E-state index in [2.05, 4.69) is 29.2 Å². The zero-order valence-electron chi connectivity index (χ0n) is 17.7. The number of benzene rings is 2. The molecule has 6 heteroatoms. The van der Waals surface area contributed by atoms with E-state index < -0.39 is 9.84 Å². The van der Waals surface area contributed by atoms with Crippen LogP contribution in [0.3, 0.4) is 0 Å². The largest absolute Gasteiger partial charge is 0.496 e. The van der Waals surface area contributed by atoms with Gasteiger partial charge in [-0.3, -0.25) is 4.90 Å². The molecule has 0 N–H and O–H groups in total. The molecule has 30 heavy (non-hydrogen) atoms. The molecule has 5 nitrogen and oxygen atoms in total. The second kappa shape index (κ2) is 9.40. The molecular weight excluding hydrogens is 398 g/mol. The fourth-order valence-electron chi connectivity index (χ4n) is 4.51. The van der Waals surface area contributed by atoms with Gasteiger partial charge in [0.1, 0.15) is 11.5 Å². The van der Waals surface area contributed by atoms with E-state index in [1.54, 1.807) is 7.11 Å². The van der Waals surface area contributed by atoms with Crippen molar-refractivity contribution in [1.82, 2.24) is 4.90 Å². The van der Waals surface area contributed by atoms with Crippen LogP contribution in [0.1, 0.15) is 31.2 Å². The van der Waals surface area contributed by atoms with Gasteiger partial charge in [-0.2, -0.15) is 0 Å². The molecule has 0 spiro atoms. The van der Waals surface area contributed by atoms with Crippen molar-refractivity contribution < 1.29 is 17.9 Å². The highest BCUT2D eigenvalue weighted by Gasteiger charge is 2.27. The molecule has 2 aromatic carbocycles. The minimum Gasteiger partial charge on any atom is -0.496 e. The molecule has 0 aliphatic carbocycles. The number of ether oxygens (including phenoxy) is 2. The number of methoxy groups -OCH3 is 1. The average Bonchev–Trinajstić information content (AvgIpc) is 3.38. The first kappa shape index (κ1) is 21.2. The Labute approximate surface area is 179 Å². The van der Waals surface area contributed by atoms with Crippen LogP contribution in [0.4, 0.5) is 0 Å². The Morgan fingerprint density at radius 1 is 1.07 bits per heavy atom. The van der Waals surface area contributed by atoms with Crippen LogP contribution in [-0.4, -0.2) is 51.6 Å². The van der Waals surface area contributed by atoms with Crippen LogP contribution in [-0.2, 0) is 16.4 Å². The number of para-hydroxylation sites is 1. The summed E-state index contributed by atoms with van der Waals surface area (Å²) in [4.78, 5) is 2.47. The molecule has 1 atom stereocenters. The van der Waals surface area contributed by atoms with Crippen molar-refractivity contribution in [1.29, 1.82) is 0 Å². The summed E-state index contributed by atoms with van der Waals surface area (Å²) in [7, 11) is -1.13. The van der Waals surface area contributed by atoms with Crippen molar-refractivity contribution in [2.75, 3.05) is 38.3 Å². The second-order valence-corrected chi connectivity index (χ2v) is 10.6. The molecule has 0 aromatic heterocycles. The van der Waals surface area contributed by atoms with E-state index in [9.17, 15) is 8.42 Å². The minimum absolute atomic E-state index is 0.227. The molecule has 2 aliphatic heterocycles. The SMILES string of the molecule is COc1ccccc1-c1ccc(OCCC2CCS(=O)(=O)C2)c(CN2CCCC2)c1. The van der Waals surface area contributed by atoms with Gasteiger partial charge >= 0.3 is 0 Å². The maximum atomic E-state index is 11.7. The average molecular weight is 430 g/mol. The monoisotopic (exact) mass is 429 g/mol. The Balaban J connectivity index is 1.51. The van der Waals surface area contributed by atoms with Gasteiger partial charge in [-0.05, 0) is 68.5 Å². The number of nitrogens with zero attached hydrogens (tertiary/aromatic N) is 1. The van der Waals surface area contributed by atoms with E-state index in [-0.39, 0.29) is 5.92 Å². The third kappa shape index (κ3) is 5.16. The maximum Gasteiger partial charge on any atom is 0.150 e. The Morgan fingerprint density at radius 3 is 2.60 bits per heavy atom. The van der Waals surface area contributed by atoms with E-state index in [4.69, 9.17) is 9.47 Å². The van der Waals surface area contributed by atoms with E-state index in [1.807, 2.05) is 18.2 Å². The van der Waals surface area contributed by atoms with Gasteiger partial charge in [0.15, 0.2) is 9.84 Å². The molecule has 2 heterocycles. The summed E-state index contributed by atoms with van der Waals surface area (Å²) in [5, 5.41) is 0. The van der Waals surface area contributed by atoms with Gasteiger partial charge in [0.25, 0.3) is 0 Å². The molecule has 2 aromatic rings. The molecule has 0 radical (unpaired) electrons. The Kier molecular flexibility index (Phi) is 6.64. The third-order valence-corrected chi connectivity index (χ3v) is 8.02.